The van der Waals surface area contributed by atoms with Crippen molar-refractivity contribution in [1.82, 2.24) is 0 Å². The highest BCUT2D eigenvalue weighted by molar-refractivity contribution is 9.23. The molecular weight excluding hydrogens is 244 g/mol. The molecular formula is C9H9BrMgO2. The molecule has 0 unspecified atom stereocenters. The molecule has 13 heavy (non-hydrogen) atoms. The van der Waals surface area contributed by atoms with Gasteiger partial charge in [0.1, 0.15) is 0 Å². The maximum absolute atomic E-state index is 5.30. The second-order valence-corrected chi connectivity index (χ2v) is 6.44. The topological polar surface area (TPSA) is 18.5 Å². The molecule has 0 saturated carbocycles. The van der Waals surface area contributed by atoms with Crippen LogP contribution in [-0.2, 0) is 6.42 Å². The first kappa shape index (κ1) is 9.61. The molecule has 4 heteroatoms. The summed E-state index contributed by atoms with van der Waals surface area (Å²) < 4.78 is 11.8. The molecule has 0 amide bonds. The van der Waals surface area contributed by atoms with E-state index in [-0.39, 0.29) is 18.2 Å². The van der Waals surface area contributed by atoms with Crippen LogP contribution in [-0.4, -0.2) is 25.0 Å². The Bertz CT molecular complexity index is 304. The Morgan fingerprint density at radius 1 is 1.31 bits per heavy atom. The van der Waals surface area contributed by atoms with Crippen LogP contribution in [0.4, 0.5) is 0 Å². The van der Waals surface area contributed by atoms with Crippen molar-refractivity contribution in [1.29, 1.82) is 0 Å². The lowest BCUT2D eigenvalue weighted by molar-refractivity contribution is 0.174. The van der Waals surface area contributed by atoms with Crippen molar-refractivity contribution >= 4 is 31.1 Å². The van der Waals surface area contributed by atoms with E-state index in [0.29, 0.717) is 6.79 Å². The average Bonchev–Trinajstić information content (AvgIpc) is 2.61. The number of fused-ring (bicyclic) bond motifs is 1. The molecule has 66 valence electrons. The van der Waals surface area contributed by atoms with Gasteiger partial charge in [0.2, 0.25) is 6.79 Å². The highest BCUT2D eigenvalue weighted by Gasteiger charge is 2.12. The Hall–Kier alpha value is 0.0662. The van der Waals surface area contributed by atoms with Crippen LogP contribution in [0.5, 0.6) is 11.5 Å². The molecule has 1 heterocycles. The molecule has 0 aliphatic carbocycles. The Kier molecular flexibility index (Phi) is 3.35. The molecule has 0 atom stereocenters. The monoisotopic (exact) mass is 252 g/mol. The van der Waals surface area contributed by atoms with Gasteiger partial charge in [-0.15, -0.1) is 4.55 Å². The van der Waals surface area contributed by atoms with Gasteiger partial charge in [0, 0.05) is 0 Å². The van der Waals surface area contributed by atoms with Crippen LogP contribution < -0.4 is 9.47 Å². The summed E-state index contributed by atoms with van der Waals surface area (Å²) in [4.78, 5) is 0. The van der Waals surface area contributed by atoms with E-state index >= 15 is 0 Å². The van der Waals surface area contributed by atoms with Crippen LogP contribution in [0.2, 0.25) is 4.55 Å². The molecule has 1 aromatic rings. The Morgan fingerprint density at radius 2 is 2.15 bits per heavy atom. The van der Waals surface area contributed by atoms with Gasteiger partial charge in [-0.25, -0.2) is 0 Å². The predicted octanol–water partition coefficient (Wildman–Crippen LogP) is 2.39. The Labute approximate surface area is 93.2 Å². The van der Waals surface area contributed by atoms with Gasteiger partial charge in [-0.1, -0.05) is 6.07 Å². The summed E-state index contributed by atoms with van der Waals surface area (Å²) >= 11 is 3.55. The van der Waals surface area contributed by atoms with Crippen molar-refractivity contribution in [2.45, 2.75) is 11.0 Å². The fourth-order valence-electron chi connectivity index (χ4n) is 1.37. The molecule has 0 N–H and O–H groups in total. The Morgan fingerprint density at radius 3 is 3.00 bits per heavy atom. The quantitative estimate of drug-likeness (QED) is 0.770. The summed E-state index contributed by atoms with van der Waals surface area (Å²) in [5.41, 5.74) is 1.34. The summed E-state index contributed by atoms with van der Waals surface area (Å²) in [6.07, 6.45) is 1.15. The zero-order valence-electron chi connectivity index (χ0n) is 7.25. The maximum Gasteiger partial charge on any atom is 0.468 e. The number of hydrogen-bond donors (Lipinski definition) is 0. The summed E-state index contributed by atoms with van der Waals surface area (Å²) in [5, 5.41) is 0. The Balaban J connectivity index is 2.12. The van der Waals surface area contributed by atoms with E-state index in [9.17, 15) is 0 Å². The van der Waals surface area contributed by atoms with Crippen molar-refractivity contribution in [3.63, 3.8) is 0 Å². The third-order valence-electron chi connectivity index (χ3n) is 2.04. The van der Waals surface area contributed by atoms with Gasteiger partial charge in [0.25, 0.3) is 0 Å². The largest absolute Gasteiger partial charge is 0.468 e. The van der Waals surface area contributed by atoms with Gasteiger partial charge in [-0.05, 0) is 24.1 Å². The van der Waals surface area contributed by atoms with E-state index < -0.39 is 0 Å². The highest BCUT2D eigenvalue weighted by atomic mass is 79.9. The lowest BCUT2D eigenvalue weighted by atomic mass is 10.1. The first-order valence-electron chi connectivity index (χ1n) is 4.34. The molecule has 2 rings (SSSR count). The smallest absolute Gasteiger partial charge is 0.454 e. The molecule has 0 fully saturated rings. The standard InChI is InChI=1S/C9H9O2.BrH.Mg/c1-2-7-3-4-8-9(5-7)11-6-10-8;;/h3-5H,1-2,6H2;1H;/q;;+1/p-1. The van der Waals surface area contributed by atoms with E-state index in [2.05, 4.69) is 25.0 Å². The van der Waals surface area contributed by atoms with Gasteiger partial charge in [0.05, 0.1) is 0 Å². The SMILES string of the molecule is [Br][Mg][CH2]Cc1ccc2c(c1)OCO2. The van der Waals surface area contributed by atoms with Crippen molar-refractivity contribution in [2.75, 3.05) is 6.79 Å². The summed E-state index contributed by atoms with van der Waals surface area (Å²) in [7, 11) is 0. The van der Waals surface area contributed by atoms with Crippen LogP contribution in [0.15, 0.2) is 18.2 Å². The number of halogens is 1. The van der Waals surface area contributed by atoms with Gasteiger partial charge < -0.3 is 22.4 Å². The van der Waals surface area contributed by atoms with E-state index in [0.717, 1.165) is 17.9 Å². The van der Waals surface area contributed by atoms with Crippen LogP contribution in [0.3, 0.4) is 0 Å². The fourth-order valence-corrected chi connectivity index (χ4v) is 2.75. The van der Waals surface area contributed by atoms with E-state index in [4.69, 9.17) is 9.47 Å². The van der Waals surface area contributed by atoms with Crippen LogP contribution in [0.25, 0.3) is 0 Å². The second kappa shape index (κ2) is 4.53. The second-order valence-electron chi connectivity index (χ2n) is 2.98. The van der Waals surface area contributed by atoms with Crippen LogP contribution in [0, 0.1) is 0 Å². The molecule has 1 aliphatic heterocycles. The lowest BCUT2D eigenvalue weighted by Gasteiger charge is -2.00. The van der Waals surface area contributed by atoms with Gasteiger partial charge >= 0.3 is 18.2 Å². The number of hydrogen-bond acceptors (Lipinski definition) is 2. The van der Waals surface area contributed by atoms with Gasteiger partial charge in [-0.3, -0.25) is 0 Å². The van der Waals surface area contributed by atoms with Gasteiger partial charge in [0.15, 0.2) is 11.5 Å². The van der Waals surface area contributed by atoms with Crippen molar-refractivity contribution < 1.29 is 9.47 Å². The number of aryl methyl sites for hydroxylation is 1. The van der Waals surface area contributed by atoms with E-state index in [1.807, 2.05) is 6.07 Å². The highest BCUT2D eigenvalue weighted by Crippen LogP contribution is 2.32. The normalized spacial score (nSPS) is 12.7. The summed E-state index contributed by atoms with van der Waals surface area (Å²) in [5.74, 6) is 1.77. The first-order chi connectivity index (χ1) is 6.40. The molecule has 0 saturated heterocycles. The van der Waals surface area contributed by atoms with Gasteiger partial charge in [-0.2, -0.15) is 0 Å². The molecule has 2 nitrogen and oxygen atoms in total. The first-order valence-corrected chi connectivity index (χ1v) is 9.24. The van der Waals surface area contributed by atoms with E-state index in [1.165, 1.54) is 10.1 Å². The third-order valence-corrected chi connectivity index (χ3v) is 4.34. The molecule has 0 aromatic heterocycles. The van der Waals surface area contributed by atoms with Crippen LogP contribution >= 0.6 is 12.9 Å². The molecule has 0 radical (unpaired) electrons. The minimum absolute atomic E-state index is 0.00203. The summed E-state index contributed by atoms with van der Waals surface area (Å²) in [6.45, 7) is 0.367. The maximum atomic E-state index is 5.30. The minimum Gasteiger partial charge on any atom is -0.454 e. The minimum atomic E-state index is -0.00203. The average molecular weight is 253 g/mol. The third kappa shape index (κ3) is 2.30. The summed E-state index contributed by atoms with van der Waals surface area (Å²) in [6, 6.07) is 6.19. The number of ether oxygens (including phenoxy) is 2. The van der Waals surface area contributed by atoms with Crippen molar-refractivity contribution in [3.8, 4) is 11.5 Å². The zero-order chi connectivity index (χ0) is 9.10. The fraction of sp³-hybridized carbons (Fsp3) is 0.333. The predicted molar refractivity (Wildman–Crippen MR) is 55.8 cm³/mol. The molecule has 0 spiro atoms. The molecule has 1 aromatic carbocycles. The zero-order valence-corrected chi connectivity index (χ0v) is 10.3. The van der Waals surface area contributed by atoms with Crippen LogP contribution in [0.1, 0.15) is 5.56 Å². The molecule has 1 aliphatic rings. The number of rotatable bonds is 3. The van der Waals surface area contributed by atoms with E-state index in [1.54, 1.807) is 0 Å². The lowest BCUT2D eigenvalue weighted by Crippen LogP contribution is -1.93. The van der Waals surface area contributed by atoms with Crippen molar-refractivity contribution in [3.05, 3.63) is 23.8 Å². The number of benzene rings is 1. The van der Waals surface area contributed by atoms with Crippen molar-refractivity contribution in [2.24, 2.45) is 0 Å². The molecule has 0 bridgehead atoms.